The van der Waals surface area contributed by atoms with Gasteiger partial charge >= 0.3 is 0 Å². The van der Waals surface area contributed by atoms with Gasteiger partial charge in [0, 0.05) is 37.2 Å². The van der Waals surface area contributed by atoms with Crippen LogP contribution >= 0.6 is 15.9 Å². The number of nitrogens with one attached hydrogen (secondary N) is 1. The Bertz CT molecular complexity index is 1010. The third-order valence-corrected chi connectivity index (χ3v) is 5.29. The molecule has 0 spiro atoms. The molecule has 7 heteroatoms. The second kappa shape index (κ2) is 7.51. The number of fused-ring (bicyclic) bond motifs is 1. The molecule has 1 aromatic heterocycles. The number of H-pyrrole nitrogens is 1. The lowest BCUT2D eigenvalue weighted by Gasteiger charge is -2.34. The van der Waals surface area contributed by atoms with Crippen LogP contribution < -0.4 is 0 Å². The van der Waals surface area contributed by atoms with E-state index in [1.807, 2.05) is 47.4 Å². The van der Waals surface area contributed by atoms with Crippen molar-refractivity contribution in [1.82, 2.24) is 19.8 Å². The molecular weight excluding hydrogens is 406 g/mol. The van der Waals surface area contributed by atoms with Crippen LogP contribution in [-0.2, 0) is 6.54 Å². The van der Waals surface area contributed by atoms with Crippen molar-refractivity contribution in [2.75, 3.05) is 26.2 Å². The Hall–Kier alpha value is -2.69. The van der Waals surface area contributed by atoms with E-state index in [1.54, 1.807) is 0 Å². The summed E-state index contributed by atoms with van der Waals surface area (Å²) in [5.41, 5.74) is 3.50. The Kier molecular flexibility index (Phi) is 4.92. The lowest BCUT2D eigenvalue weighted by atomic mass is 10.1. The first-order valence-corrected chi connectivity index (χ1v) is 9.57. The van der Waals surface area contributed by atoms with Gasteiger partial charge in [0.25, 0.3) is 5.91 Å². The van der Waals surface area contributed by atoms with Crippen molar-refractivity contribution in [1.29, 1.82) is 5.26 Å². The summed E-state index contributed by atoms with van der Waals surface area (Å²) in [7, 11) is 0. The van der Waals surface area contributed by atoms with E-state index in [0.29, 0.717) is 24.5 Å². The van der Waals surface area contributed by atoms with Gasteiger partial charge in [-0.1, -0.05) is 28.1 Å². The number of amides is 1. The van der Waals surface area contributed by atoms with E-state index >= 15 is 0 Å². The topological polar surface area (TPSA) is 76.0 Å². The Balaban J connectivity index is 1.37. The number of imidazole rings is 1. The molecule has 3 aromatic rings. The number of hydrogen-bond acceptors (Lipinski definition) is 4. The van der Waals surface area contributed by atoms with E-state index in [2.05, 4.69) is 36.9 Å². The van der Waals surface area contributed by atoms with E-state index in [0.717, 1.165) is 35.1 Å². The maximum Gasteiger partial charge on any atom is 0.289 e. The number of nitrogens with zero attached hydrogens (tertiary/aromatic N) is 4. The summed E-state index contributed by atoms with van der Waals surface area (Å²) in [6, 6.07) is 15.5. The van der Waals surface area contributed by atoms with E-state index in [1.165, 1.54) is 5.56 Å². The van der Waals surface area contributed by atoms with Crippen molar-refractivity contribution < 1.29 is 4.79 Å². The molecule has 1 fully saturated rings. The molecule has 0 saturated carbocycles. The van der Waals surface area contributed by atoms with Gasteiger partial charge in [0.2, 0.25) is 0 Å². The van der Waals surface area contributed by atoms with E-state index in [4.69, 9.17) is 5.26 Å². The minimum atomic E-state index is -0.0552. The summed E-state index contributed by atoms with van der Waals surface area (Å²) in [5.74, 6) is 0.337. The van der Waals surface area contributed by atoms with Crippen LogP contribution in [0.3, 0.4) is 0 Å². The van der Waals surface area contributed by atoms with Gasteiger partial charge in [-0.15, -0.1) is 0 Å². The van der Waals surface area contributed by atoms with Crippen LogP contribution in [0.5, 0.6) is 0 Å². The Labute approximate surface area is 165 Å². The van der Waals surface area contributed by atoms with Crippen molar-refractivity contribution in [2.24, 2.45) is 0 Å². The zero-order valence-electron chi connectivity index (χ0n) is 14.7. The Morgan fingerprint density at radius 2 is 1.89 bits per heavy atom. The maximum atomic E-state index is 12.8. The summed E-state index contributed by atoms with van der Waals surface area (Å²) in [6.07, 6.45) is 0. The first-order chi connectivity index (χ1) is 13.1. The number of carbonyl (C=O) groups excluding carboxylic acids is 1. The molecule has 1 saturated heterocycles. The Morgan fingerprint density at radius 3 is 2.59 bits per heavy atom. The summed E-state index contributed by atoms with van der Waals surface area (Å²) in [6.45, 7) is 3.81. The smallest absolute Gasteiger partial charge is 0.289 e. The molecule has 4 rings (SSSR count). The molecule has 0 atom stereocenters. The maximum absolute atomic E-state index is 12.8. The molecule has 1 aliphatic rings. The monoisotopic (exact) mass is 423 g/mol. The third kappa shape index (κ3) is 3.87. The average molecular weight is 424 g/mol. The normalized spacial score (nSPS) is 15.0. The number of benzene rings is 2. The largest absolute Gasteiger partial charge is 0.334 e. The highest BCUT2D eigenvalue weighted by atomic mass is 79.9. The molecule has 0 unspecified atom stereocenters. The highest BCUT2D eigenvalue weighted by Crippen LogP contribution is 2.19. The summed E-state index contributed by atoms with van der Waals surface area (Å²) < 4.78 is 0.953. The predicted molar refractivity (Wildman–Crippen MR) is 106 cm³/mol. The molecule has 0 aliphatic carbocycles. The van der Waals surface area contributed by atoms with Crippen LogP contribution in [0, 0.1) is 11.3 Å². The van der Waals surface area contributed by atoms with Gasteiger partial charge in [-0.3, -0.25) is 9.69 Å². The number of piperazine rings is 1. The van der Waals surface area contributed by atoms with Gasteiger partial charge in [-0.25, -0.2) is 4.98 Å². The van der Waals surface area contributed by atoms with Crippen LogP contribution in [0.15, 0.2) is 46.9 Å². The second-order valence-electron chi connectivity index (χ2n) is 6.62. The summed E-state index contributed by atoms with van der Waals surface area (Å²) in [4.78, 5) is 24.5. The van der Waals surface area contributed by atoms with Gasteiger partial charge in [0.15, 0.2) is 5.82 Å². The number of halogens is 1. The number of carbonyl (C=O) groups is 1. The minimum absolute atomic E-state index is 0.0552. The summed E-state index contributed by atoms with van der Waals surface area (Å²) >= 11 is 3.43. The van der Waals surface area contributed by atoms with Crippen LogP contribution in [0.1, 0.15) is 21.7 Å². The third-order valence-electron chi connectivity index (χ3n) is 4.80. The molecule has 1 N–H and O–H groups in total. The minimum Gasteiger partial charge on any atom is -0.334 e. The Morgan fingerprint density at radius 1 is 1.15 bits per heavy atom. The van der Waals surface area contributed by atoms with Crippen molar-refractivity contribution in [2.45, 2.75) is 6.54 Å². The molecule has 0 radical (unpaired) electrons. The fourth-order valence-electron chi connectivity index (χ4n) is 3.28. The molecular formula is C20H18BrN5O. The zero-order valence-corrected chi connectivity index (χ0v) is 16.2. The molecule has 0 bridgehead atoms. The predicted octanol–water partition coefficient (Wildman–Crippen LogP) is 3.16. The lowest BCUT2D eigenvalue weighted by molar-refractivity contribution is 0.0618. The van der Waals surface area contributed by atoms with Gasteiger partial charge in [-0.2, -0.15) is 5.26 Å². The fourth-order valence-corrected chi connectivity index (χ4v) is 3.65. The number of hydrogen-bond donors (Lipinski definition) is 1. The van der Waals surface area contributed by atoms with E-state index in [9.17, 15) is 4.79 Å². The van der Waals surface area contributed by atoms with Gasteiger partial charge in [0.05, 0.1) is 22.7 Å². The van der Waals surface area contributed by atoms with Crippen molar-refractivity contribution in [3.63, 3.8) is 0 Å². The van der Waals surface area contributed by atoms with E-state index in [-0.39, 0.29) is 5.91 Å². The highest BCUT2D eigenvalue weighted by Gasteiger charge is 2.24. The number of nitriles is 1. The quantitative estimate of drug-likeness (QED) is 0.701. The molecule has 1 aliphatic heterocycles. The van der Waals surface area contributed by atoms with Crippen LogP contribution in [0.4, 0.5) is 0 Å². The average Bonchev–Trinajstić information content (AvgIpc) is 3.12. The van der Waals surface area contributed by atoms with Crippen LogP contribution in [0.25, 0.3) is 11.0 Å². The van der Waals surface area contributed by atoms with Gasteiger partial charge < -0.3 is 9.88 Å². The first kappa shape index (κ1) is 17.7. The number of aromatic nitrogens is 2. The molecule has 136 valence electrons. The number of rotatable bonds is 3. The van der Waals surface area contributed by atoms with Crippen LogP contribution in [0.2, 0.25) is 0 Å². The fraction of sp³-hybridized carbons (Fsp3) is 0.250. The highest BCUT2D eigenvalue weighted by molar-refractivity contribution is 9.10. The van der Waals surface area contributed by atoms with Crippen molar-refractivity contribution in [3.8, 4) is 6.07 Å². The molecule has 27 heavy (non-hydrogen) atoms. The van der Waals surface area contributed by atoms with Crippen molar-refractivity contribution >= 4 is 32.9 Å². The second-order valence-corrected chi connectivity index (χ2v) is 7.54. The van der Waals surface area contributed by atoms with Crippen LogP contribution in [-0.4, -0.2) is 51.9 Å². The SMILES string of the molecule is N#Cc1ccc(CN2CCN(C(=O)c3nc4ccc(Br)cc4[nH]3)CC2)cc1. The molecule has 2 heterocycles. The lowest BCUT2D eigenvalue weighted by Crippen LogP contribution is -2.48. The van der Waals surface area contributed by atoms with Crippen molar-refractivity contribution in [3.05, 3.63) is 63.9 Å². The summed E-state index contributed by atoms with van der Waals surface area (Å²) in [5, 5.41) is 8.88. The van der Waals surface area contributed by atoms with Gasteiger partial charge in [0.1, 0.15) is 0 Å². The van der Waals surface area contributed by atoms with Gasteiger partial charge in [-0.05, 0) is 35.9 Å². The van der Waals surface area contributed by atoms with E-state index < -0.39 is 0 Å². The molecule has 1 amide bonds. The number of aromatic amines is 1. The zero-order chi connectivity index (χ0) is 18.8. The first-order valence-electron chi connectivity index (χ1n) is 8.78. The molecule has 2 aromatic carbocycles. The molecule has 6 nitrogen and oxygen atoms in total. The standard InChI is InChI=1S/C20H18BrN5O/c21-16-5-6-17-18(11-16)24-19(23-17)20(27)26-9-7-25(8-10-26)13-15-3-1-14(12-22)2-4-15/h1-6,11H,7-10,13H2,(H,23,24).